The van der Waals surface area contributed by atoms with E-state index in [2.05, 4.69) is 5.32 Å². The summed E-state index contributed by atoms with van der Waals surface area (Å²) in [6.07, 6.45) is 1.65. The van der Waals surface area contributed by atoms with Gasteiger partial charge in [-0.05, 0) is 52.3 Å². The Morgan fingerprint density at radius 2 is 2.13 bits per heavy atom. The van der Waals surface area contributed by atoms with Gasteiger partial charge in [-0.15, -0.1) is 0 Å². The van der Waals surface area contributed by atoms with Crippen LogP contribution in [0.2, 0.25) is 0 Å². The summed E-state index contributed by atoms with van der Waals surface area (Å²) in [4.78, 5) is 14.6. The lowest BCUT2D eigenvalue weighted by molar-refractivity contribution is 0.0666. The highest BCUT2D eigenvalue weighted by atomic mass is 16.6. The van der Waals surface area contributed by atoms with Crippen LogP contribution in [0, 0.1) is 0 Å². The first-order valence-corrected chi connectivity index (χ1v) is 7.98. The zero-order valence-electron chi connectivity index (χ0n) is 14.4. The fourth-order valence-electron chi connectivity index (χ4n) is 2.91. The fraction of sp³-hybridized carbons (Fsp3) is 0.588. The molecule has 1 atom stereocenters. The Bertz CT molecular complexity index is 549. The lowest BCUT2D eigenvalue weighted by Gasteiger charge is -2.42. The number of rotatable bonds is 3. The van der Waals surface area contributed by atoms with E-state index in [-0.39, 0.29) is 17.7 Å². The Balaban J connectivity index is 2.17. The third-order valence-electron chi connectivity index (χ3n) is 3.97. The van der Waals surface area contributed by atoms with Crippen LogP contribution in [-0.4, -0.2) is 42.8 Å². The van der Waals surface area contributed by atoms with E-state index in [0.29, 0.717) is 17.2 Å². The Labute approximate surface area is 137 Å². The molecular weight excluding hydrogens is 294 g/mol. The van der Waals surface area contributed by atoms with Crippen LogP contribution < -0.4 is 20.5 Å². The predicted molar refractivity (Wildman–Crippen MR) is 90.9 cm³/mol. The Hall–Kier alpha value is -1.95. The second-order valence-electron chi connectivity index (χ2n) is 6.81. The summed E-state index contributed by atoms with van der Waals surface area (Å²) in [6.45, 7) is 7.82. The summed E-state index contributed by atoms with van der Waals surface area (Å²) >= 11 is 0. The predicted octanol–water partition coefficient (Wildman–Crippen LogP) is 2.63. The van der Waals surface area contributed by atoms with Gasteiger partial charge in [0.25, 0.3) is 0 Å². The van der Waals surface area contributed by atoms with Gasteiger partial charge in [-0.3, -0.25) is 4.90 Å². The van der Waals surface area contributed by atoms with Crippen molar-refractivity contribution in [3.05, 3.63) is 18.2 Å². The molecule has 1 fully saturated rings. The largest absolute Gasteiger partial charge is 0.497 e. The summed E-state index contributed by atoms with van der Waals surface area (Å²) < 4.78 is 10.7. The van der Waals surface area contributed by atoms with Crippen LogP contribution in [0.5, 0.6) is 11.5 Å². The average molecular weight is 321 g/mol. The number of benzene rings is 1. The van der Waals surface area contributed by atoms with Gasteiger partial charge in [0.15, 0.2) is 5.75 Å². The SMILES string of the molecule is COc1ccc(OC(=O)N([C@H]2CCCNC2)C(C)(C)C)c(N)c1. The lowest BCUT2D eigenvalue weighted by Crippen LogP contribution is -2.57. The van der Waals surface area contributed by atoms with E-state index in [9.17, 15) is 4.79 Å². The normalized spacial score (nSPS) is 18.3. The molecule has 23 heavy (non-hydrogen) atoms. The van der Waals surface area contributed by atoms with Crippen LogP contribution in [0.1, 0.15) is 33.6 Å². The van der Waals surface area contributed by atoms with Crippen LogP contribution in [0.25, 0.3) is 0 Å². The monoisotopic (exact) mass is 321 g/mol. The second-order valence-corrected chi connectivity index (χ2v) is 6.81. The van der Waals surface area contributed by atoms with Crippen molar-refractivity contribution in [2.24, 2.45) is 0 Å². The minimum atomic E-state index is -0.372. The van der Waals surface area contributed by atoms with E-state index in [0.717, 1.165) is 25.9 Å². The van der Waals surface area contributed by atoms with E-state index in [1.165, 1.54) is 0 Å². The number of amides is 1. The first-order valence-electron chi connectivity index (χ1n) is 7.98. The maximum atomic E-state index is 12.8. The number of methoxy groups -OCH3 is 1. The lowest BCUT2D eigenvalue weighted by atomic mass is 9.99. The molecule has 3 N–H and O–H groups in total. The van der Waals surface area contributed by atoms with Crippen molar-refractivity contribution in [3.63, 3.8) is 0 Å². The topological polar surface area (TPSA) is 76.8 Å². The van der Waals surface area contributed by atoms with E-state index in [4.69, 9.17) is 15.2 Å². The highest BCUT2D eigenvalue weighted by molar-refractivity contribution is 5.74. The van der Waals surface area contributed by atoms with Crippen LogP contribution in [0.15, 0.2) is 18.2 Å². The number of nitrogens with two attached hydrogens (primary N) is 1. The van der Waals surface area contributed by atoms with Crippen molar-refractivity contribution in [2.75, 3.05) is 25.9 Å². The number of nitrogens with zero attached hydrogens (tertiary/aromatic N) is 1. The molecule has 0 aliphatic carbocycles. The molecule has 1 saturated heterocycles. The highest BCUT2D eigenvalue weighted by Gasteiger charge is 2.35. The van der Waals surface area contributed by atoms with Crippen molar-refractivity contribution in [3.8, 4) is 11.5 Å². The molecule has 1 aliphatic heterocycles. The molecule has 0 saturated carbocycles. The molecule has 1 aromatic carbocycles. The number of ether oxygens (including phenoxy) is 2. The summed E-state index contributed by atoms with van der Waals surface area (Å²) in [6, 6.07) is 5.15. The highest BCUT2D eigenvalue weighted by Crippen LogP contribution is 2.29. The first kappa shape index (κ1) is 17.4. The van der Waals surface area contributed by atoms with Crippen molar-refractivity contribution >= 4 is 11.8 Å². The van der Waals surface area contributed by atoms with Gasteiger partial charge in [0.1, 0.15) is 5.75 Å². The molecular formula is C17H27N3O3. The standard InChI is InChI=1S/C17H27N3O3/c1-17(2,3)20(12-6-5-9-19-11-12)16(21)23-15-8-7-13(22-4)10-14(15)18/h7-8,10,12,19H,5-6,9,11,18H2,1-4H3/t12-/m0/s1. The van der Waals surface area contributed by atoms with Crippen LogP contribution >= 0.6 is 0 Å². The smallest absolute Gasteiger partial charge is 0.416 e. The molecule has 1 aromatic rings. The zero-order valence-corrected chi connectivity index (χ0v) is 14.4. The quantitative estimate of drug-likeness (QED) is 0.837. The molecule has 0 unspecified atom stereocenters. The van der Waals surface area contributed by atoms with Crippen molar-refractivity contribution in [2.45, 2.75) is 45.2 Å². The summed E-state index contributed by atoms with van der Waals surface area (Å²) in [5.41, 5.74) is 6.00. The van der Waals surface area contributed by atoms with Crippen molar-refractivity contribution < 1.29 is 14.3 Å². The zero-order chi connectivity index (χ0) is 17.0. The summed E-state index contributed by atoms with van der Waals surface area (Å²) in [5.74, 6) is 0.986. The fourth-order valence-corrected chi connectivity index (χ4v) is 2.91. The van der Waals surface area contributed by atoms with Gasteiger partial charge in [-0.25, -0.2) is 4.79 Å². The maximum absolute atomic E-state index is 12.8. The minimum absolute atomic E-state index is 0.121. The van der Waals surface area contributed by atoms with Crippen LogP contribution in [0.4, 0.5) is 10.5 Å². The second kappa shape index (κ2) is 7.08. The molecule has 1 aliphatic rings. The number of nitrogens with one attached hydrogen (secondary N) is 1. The van der Waals surface area contributed by atoms with Gasteiger partial charge in [-0.1, -0.05) is 0 Å². The first-order chi connectivity index (χ1) is 10.8. The van der Waals surface area contributed by atoms with Crippen molar-refractivity contribution in [1.82, 2.24) is 10.2 Å². The number of hydrogen-bond acceptors (Lipinski definition) is 5. The minimum Gasteiger partial charge on any atom is -0.497 e. The number of hydrogen-bond donors (Lipinski definition) is 2. The number of carbonyl (C=O) groups excluding carboxylic acids is 1. The molecule has 128 valence electrons. The van der Waals surface area contributed by atoms with Crippen LogP contribution in [-0.2, 0) is 0 Å². The maximum Gasteiger partial charge on any atom is 0.416 e. The number of anilines is 1. The molecule has 1 amide bonds. The third kappa shape index (κ3) is 4.28. The van der Waals surface area contributed by atoms with Gasteiger partial charge in [0.2, 0.25) is 0 Å². The van der Waals surface area contributed by atoms with Gasteiger partial charge in [-0.2, -0.15) is 0 Å². The van der Waals surface area contributed by atoms with E-state index in [1.54, 1.807) is 25.3 Å². The molecule has 0 radical (unpaired) electrons. The molecule has 1 heterocycles. The Kier molecular flexibility index (Phi) is 5.36. The third-order valence-corrected chi connectivity index (χ3v) is 3.97. The molecule has 6 heteroatoms. The molecule has 0 aromatic heterocycles. The molecule has 0 spiro atoms. The summed E-state index contributed by atoms with van der Waals surface area (Å²) in [5, 5.41) is 3.34. The van der Waals surface area contributed by atoms with Gasteiger partial charge in [0.05, 0.1) is 12.8 Å². The van der Waals surface area contributed by atoms with Gasteiger partial charge in [0, 0.05) is 24.2 Å². The molecule has 0 bridgehead atoms. The van der Waals surface area contributed by atoms with E-state index in [1.807, 2.05) is 25.7 Å². The number of carbonyl (C=O) groups is 1. The van der Waals surface area contributed by atoms with Crippen LogP contribution in [0.3, 0.4) is 0 Å². The number of piperidine rings is 1. The molecule has 2 rings (SSSR count). The van der Waals surface area contributed by atoms with E-state index < -0.39 is 0 Å². The number of nitrogen functional groups attached to an aromatic ring is 1. The van der Waals surface area contributed by atoms with Gasteiger partial charge >= 0.3 is 6.09 Å². The Morgan fingerprint density at radius 3 is 2.65 bits per heavy atom. The summed E-state index contributed by atoms with van der Waals surface area (Å²) in [7, 11) is 1.57. The van der Waals surface area contributed by atoms with Gasteiger partial charge < -0.3 is 20.5 Å². The average Bonchev–Trinajstić information content (AvgIpc) is 2.49. The molecule has 6 nitrogen and oxygen atoms in total. The van der Waals surface area contributed by atoms with E-state index >= 15 is 0 Å². The Morgan fingerprint density at radius 1 is 1.39 bits per heavy atom. The van der Waals surface area contributed by atoms with Crippen molar-refractivity contribution in [1.29, 1.82) is 0 Å².